The van der Waals surface area contributed by atoms with E-state index in [-0.39, 0.29) is 0 Å². The van der Waals surface area contributed by atoms with Crippen molar-refractivity contribution in [2.45, 2.75) is 19.8 Å². The van der Waals surface area contributed by atoms with E-state index in [4.69, 9.17) is 10.8 Å². The quantitative estimate of drug-likeness (QED) is 0.496. The van der Waals surface area contributed by atoms with Crippen molar-refractivity contribution in [1.29, 1.82) is 10.8 Å². The third kappa shape index (κ3) is 1.58. The lowest BCUT2D eigenvalue weighted by atomic mass is 10.1. The minimum atomic E-state index is 0.295. The standard InChI is InChI=1S/C8H12N4/c1-6(2)7-3-8(10)12(4-9)5-11-7/h3-6,9-10H,1-2H3. The molecule has 0 radical (unpaired) electrons. The summed E-state index contributed by atoms with van der Waals surface area (Å²) in [7, 11) is 0. The zero-order valence-corrected chi connectivity index (χ0v) is 7.20. The molecule has 0 aliphatic rings. The van der Waals surface area contributed by atoms with E-state index < -0.39 is 0 Å². The van der Waals surface area contributed by atoms with E-state index >= 15 is 0 Å². The summed E-state index contributed by atoms with van der Waals surface area (Å²) in [5.74, 6) is 0.328. The first-order chi connectivity index (χ1) is 5.65. The summed E-state index contributed by atoms with van der Waals surface area (Å²) in [5, 5.41) is 14.4. The molecule has 1 aromatic heterocycles. The van der Waals surface area contributed by atoms with Crippen molar-refractivity contribution in [2.75, 3.05) is 0 Å². The third-order valence-electron chi connectivity index (χ3n) is 1.62. The van der Waals surface area contributed by atoms with Crippen LogP contribution < -0.4 is 5.49 Å². The van der Waals surface area contributed by atoms with E-state index in [9.17, 15) is 0 Å². The molecule has 0 amide bonds. The number of hydrogen-bond donors (Lipinski definition) is 2. The van der Waals surface area contributed by atoms with Gasteiger partial charge in [-0.15, -0.1) is 0 Å². The van der Waals surface area contributed by atoms with E-state index in [0.717, 1.165) is 12.0 Å². The fourth-order valence-electron chi connectivity index (χ4n) is 0.862. The van der Waals surface area contributed by atoms with Gasteiger partial charge >= 0.3 is 0 Å². The molecule has 0 saturated carbocycles. The summed E-state index contributed by atoms with van der Waals surface area (Å²) >= 11 is 0. The number of nitrogens with one attached hydrogen (secondary N) is 2. The molecule has 1 aromatic rings. The third-order valence-corrected chi connectivity index (χ3v) is 1.62. The number of hydrogen-bond acceptors (Lipinski definition) is 3. The van der Waals surface area contributed by atoms with Crippen molar-refractivity contribution >= 4 is 6.34 Å². The fourth-order valence-corrected chi connectivity index (χ4v) is 0.862. The van der Waals surface area contributed by atoms with Crippen LogP contribution in [-0.2, 0) is 0 Å². The van der Waals surface area contributed by atoms with Crippen LogP contribution in [0.15, 0.2) is 12.4 Å². The summed E-state index contributed by atoms with van der Waals surface area (Å²) in [6, 6.07) is 1.68. The molecule has 0 bridgehead atoms. The molecule has 0 atom stereocenters. The van der Waals surface area contributed by atoms with Crippen LogP contribution in [0.5, 0.6) is 0 Å². The molecule has 1 heterocycles. The lowest BCUT2D eigenvalue weighted by Gasteiger charge is -2.04. The van der Waals surface area contributed by atoms with Gasteiger partial charge in [0.1, 0.15) is 11.8 Å². The Morgan fingerprint density at radius 1 is 1.58 bits per heavy atom. The van der Waals surface area contributed by atoms with Gasteiger partial charge < -0.3 is 0 Å². The monoisotopic (exact) mass is 164 g/mol. The Morgan fingerprint density at radius 3 is 2.67 bits per heavy atom. The number of nitrogens with zero attached hydrogens (tertiary/aromatic N) is 2. The number of aromatic nitrogens is 2. The maximum atomic E-state index is 7.48. The Morgan fingerprint density at radius 2 is 2.25 bits per heavy atom. The van der Waals surface area contributed by atoms with E-state index in [1.165, 1.54) is 10.9 Å². The molecule has 2 N–H and O–H groups in total. The second-order valence-corrected chi connectivity index (χ2v) is 2.89. The highest BCUT2D eigenvalue weighted by molar-refractivity contribution is 5.53. The van der Waals surface area contributed by atoms with Crippen LogP contribution in [0.4, 0.5) is 0 Å². The van der Waals surface area contributed by atoms with Crippen LogP contribution in [0, 0.1) is 10.8 Å². The van der Waals surface area contributed by atoms with Crippen molar-refractivity contribution in [1.82, 2.24) is 9.55 Å². The van der Waals surface area contributed by atoms with Crippen LogP contribution in [0.25, 0.3) is 0 Å². The zero-order valence-electron chi connectivity index (χ0n) is 7.20. The molecule has 0 aromatic carbocycles. The zero-order chi connectivity index (χ0) is 9.14. The molecule has 12 heavy (non-hydrogen) atoms. The molecule has 0 fully saturated rings. The highest BCUT2D eigenvalue weighted by Gasteiger charge is 2.00. The minimum Gasteiger partial charge on any atom is -0.291 e. The molecular formula is C8H12N4. The van der Waals surface area contributed by atoms with Crippen molar-refractivity contribution < 1.29 is 0 Å². The molecule has 64 valence electrons. The van der Waals surface area contributed by atoms with Crippen LogP contribution >= 0.6 is 0 Å². The Labute approximate surface area is 70.9 Å². The topological polar surface area (TPSA) is 65.5 Å². The van der Waals surface area contributed by atoms with Gasteiger partial charge in [-0.3, -0.25) is 15.4 Å². The molecule has 0 spiro atoms. The van der Waals surface area contributed by atoms with Crippen molar-refractivity contribution in [3.63, 3.8) is 0 Å². The number of rotatable bonds is 2. The van der Waals surface area contributed by atoms with Crippen molar-refractivity contribution in [3.05, 3.63) is 23.6 Å². The summed E-state index contributed by atoms with van der Waals surface area (Å²) in [4.78, 5) is 4.10. The van der Waals surface area contributed by atoms with Gasteiger partial charge in [0.05, 0.1) is 6.34 Å². The Kier molecular flexibility index (Phi) is 2.38. The molecule has 4 heteroatoms. The largest absolute Gasteiger partial charge is 0.291 e. The van der Waals surface area contributed by atoms with Gasteiger partial charge in [-0.25, -0.2) is 4.98 Å². The average molecular weight is 164 g/mol. The SMILES string of the molecule is CC(C)c1cc(=N)n(C=N)cn1. The highest BCUT2D eigenvalue weighted by atomic mass is 15.0. The molecule has 4 nitrogen and oxygen atoms in total. The maximum absolute atomic E-state index is 7.48. The normalized spacial score (nSPS) is 10.2. The lowest BCUT2D eigenvalue weighted by Crippen LogP contribution is -2.20. The molecular weight excluding hydrogens is 152 g/mol. The lowest BCUT2D eigenvalue weighted by molar-refractivity contribution is 0.788. The maximum Gasteiger partial charge on any atom is 0.133 e. The van der Waals surface area contributed by atoms with E-state index in [1.54, 1.807) is 6.07 Å². The minimum absolute atomic E-state index is 0.295. The van der Waals surface area contributed by atoms with Gasteiger partial charge in [0.25, 0.3) is 0 Å². The average Bonchev–Trinajstić information content (AvgIpc) is 2.04. The van der Waals surface area contributed by atoms with Gasteiger partial charge in [-0.1, -0.05) is 13.8 Å². The van der Waals surface area contributed by atoms with Gasteiger partial charge in [0.15, 0.2) is 0 Å². The van der Waals surface area contributed by atoms with Crippen LogP contribution in [0.2, 0.25) is 0 Å². The second kappa shape index (κ2) is 3.30. The van der Waals surface area contributed by atoms with E-state index in [1.807, 2.05) is 13.8 Å². The summed E-state index contributed by atoms with van der Waals surface area (Å²) < 4.78 is 1.35. The van der Waals surface area contributed by atoms with Crippen LogP contribution in [-0.4, -0.2) is 15.9 Å². The predicted molar refractivity (Wildman–Crippen MR) is 46.4 cm³/mol. The second-order valence-electron chi connectivity index (χ2n) is 2.89. The van der Waals surface area contributed by atoms with Crippen LogP contribution in [0.1, 0.15) is 25.5 Å². The molecule has 1 rings (SSSR count). The highest BCUT2D eigenvalue weighted by Crippen LogP contribution is 2.06. The van der Waals surface area contributed by atoms with E-state index in [2.05, 4.69) is 4.98 Å². The Balaban J connectivity index is 3.19. The van der Waals surface area contributed by atoms with Gasteiger partial charge in [-0.2, -0.15) is 0 Å². The van der Waals surface area contributed by atoms with Crippen LogP contribution in [0.3, 0.4) is 0 Å². The summed E-state index contributed by atoms with van der Waals surface area (Å²) in [6.45, 7) is 4.05. The van der Waals surface area contributed by atoms with Crippen molar-refractivity contribution in [2.24, 2.45) is 0 Å². The first kappa shape index (κ1) is 8.64. The predicted octanol–water partition coefficient (Wildman–Crippen LogP) is 0.941. The van der Waals surface area contributed by atoms with Gasteiger partial charge in [0.2, 0.25) is 0 Å². The summed E-state index contributed by atoms with van der Waals surface area (Å²) in [5.41, 5.74) is 1.18. The molecule has 0 aliphatic carbocycles. The van der Waals surface area contributed by atoms with E-state index in [0.29, 0.717) is 11.4 Å². The Bertz CT molecular complexity index is 337. The molecule has 0 aliphatic heterocycles. The molecule has 0 unspecified atom stereocenters. The molecule has 0 saturated heterocycles. The van der Waals surface area contributed by atoms with Gasteiger partial charge in [-0.05, 0) is 5.92 Å². The van der Waals surface area contributed by atoms with Gasteiger partial charge in [0, 0.05) is 11.8 Å². The first-order valence-corrected chi connectivity index (χ1v) is 3.78. The fraction of sp³-hybridized carbons (Fsp3) is 0.375. The Hall–Kier alpha value is -1.45. The summed E-state index contributed by atoms with van der Waals surface area (Å²) in [6.07, 6.45) is 2.56. The van der Waals surface area contributed by atoms with Crippen molar-refractivity contribution in [3.8, 4) is 0 Å². The first-order valence-electron chi connectivity index (χ1n) is 3.78. The smallest absolute Gasteiger partial charge is 0.133 e.